The van der Waals surface area contributed by atoms with Crippen molar-refractivity contribution >= 4 is 11.7 Å². The third kappa shape index (κ3) is 3.72. The Bertz CT molecular complexity index is 230. The first-order chi connectivity index (χ1) is 6.17. The predicted octanol–water partition coefficient (Wildman–Crippen LogP) is -0.697. The van der Waals surface area contributed by atoms with Gasteiger partial charge in [-0.1, -0.05) is 0 Å². The lowest BCUT2D eigenvalue weighted by Crippen LogP contribution is -2.42. The predicted molar refractivity (Wildman–Crippen MR) is 50.0 cm³/mol. The monoisotopic (exact) mass is 182 g/mol. The Morgan fingerprint density at radius 3 is 2.46 bits per heavy atom. The van der Waals surface area contributed by atoms with Crippen LogP contribution in [0.5, 0.6) is 0 Å². The van der Waals surface area contributed by atoms with E-state index in [1.54, 1.807) is 7.05 Å². The van der Waals surface area contributed by atoms with Crippen molar-refractivity contribution in [2.24, 2.45) is 0 Å². The number of hydrogen-bond acceptors (Lipinski definition) is 3. The number of rotatable bonds is 5. The summed E-state index contributed by atoms with van der Waals surface area (Å²) in [6.45, 7) is 0. The van der Waals surface area contributed by atoms with Crippen molar-refractivity contribution in [1.82, 2.24) is 10.6 Å². The molecule has 0 aliphatic rings. The SMILES string of the molecule is C#CCCC(NC)C(=O)C(=O)NC. The van der Waals surface area contributed by atoms with Crippen molar-refractivity contribution in [3.8, 4) is 12.3 Å². The maximum absolute atomic E-state index is 11.3. The molecule has 2 N–H and O–H groups in total. The number of carbonyl (C=O) groups excluding carboxylic acids is 2. The van der Waals surface area contributed by atoms with Crippen LogP contribution in [0.3, 0.4) is 0 Å². The fourth-order valence-electron chi connectivity index (χ4n) is 0.916. The summed E-state index contributed by atoms with van der Waals surface area (Å²) >= 11 is 0. The lowest BCUT2D eigenvalue weighted by Gasteiger charge is -2.11. The van der Waals surface area contributed by atoms with Crippen LogP contribution in [0.2, 0.25) is 0 Å². The number of hydrogen-bond donors (Lipinski definition) is 2. The number of carbonyl (C=O) groups is 2. The summed E-state index contributed by atoms with van der Waals surface area (Å²) in [6.07, 6.45) is 6.02. The van der Waals surface area contributed by atoms with Crippen molar-refractivity contribution in [1.29, 1.82) is 0 Å². The van der Waals surface area contributed by atoms with E-state index in [0.717, 1.165) is 0 Å². The van der Waals surface area contributed by atoms with Crippen LogP contribution in [0.1, 0.15) is 12.8 Å². The quantitative estimate of drug-likeness (QED) is 0.437. The van der Waals surface area contributed by atoms with Crippen molar-refractivity contribution in [2.75, 3.05) is 14.1 Å². The smallest absolute Gasteiger partial charge is 0.288 e. The first kappa shape index (κ1) is 11.7. The average Bonchev–Trinajstić information content (AvgIpc) is 2.17. The van der Waals surface area contributed by atoms with Crippen molar-refractivity contribution < 1.29 is 9.59 Å². The molecule has 1 amide bonds. The third-order valence-corrected chi connectivity index (χ3v) is 1.69. The van der Waals surface area contributed by atoms with Crippen LogP contribution in [0, 0.1) is 12.3 Å². The Morgan fingerprint density at radius 2 is 2.08 bits per heavy atom. The molecule has 0 saturated carbocycles. The summed E-state index contributed by atoms with van der Waals surface area (Å²) < 4.78 is 0. The summed E-state index contributed by atoms with van der Waals surface area (Å²) in [5.74, 6) is 1.36. The number of Topliss-reactive ketones (excluding diaryl/α,β-unsaturated/α-hetero) is 1. The van der Waals surface area contributed by atoms with E-state index in [4.69, 9.17) is 6.42 Å². The molecule has 0 aliphatic carbocycles. The Hall–Kier alpha value is -1.34. The molecule has 0 aromatic rings. The van der Waals surface area contributed by atoms with Crippen LogP contribution < -0.4 is 10.6 Å². The molecular weight excluding hydrogens is 168 g/mol. The van der Waals surface area contributed by atoms with Gasteiger partial charge in [0.25, 0.3) is 5.91 Å². The Labute approximate surface area is 78.1 Å². The van der Waals surface area contributed by atoms with E-state index in [1.807, 2.05) is 0 Å². The van der Waals surface area contributed by atoms with Gasteiger partial charge < -0.3 is 10.6 Å². The highest BCUT2D eigenvalue weighted by atomic mass is 16.2. The molecule has 0 aliphatic heterocycles. The van der Waals surface area contributed by atoms with E-state index < -0.39 is 17.7 Å². The van der Waals surface area contributed by atoms with E-state index in [9.17, 15) is 9.59 Å². The van der Waals surface area contributed by atoms with Crippen LogP contribution in [0.15, 0.2) is 0 Å². The molecule has 13 heavy (non-hydrogen) atoms. The number of terminal acetylenes is 1. The maximum Gasteiger partial charge on any atom is 0.288 e. The molecule has 72 valence electrons. The average molecular weight is 182 g/mol. The van der Waals surface area contributed by atoms with Crippen molar-refractivity contribution in [3.05, 3.63) is 0 Å². The van der Waals surface area contributed by atoms with Crippen LogP contribution in [-0.4, -0.2) is 31.8 Å². The molecule has 0 aromatic heterocycles. The van der Waals surface area contributed by atoms with E-state index in [-0.39, 0.29) is 0 Å². The maximum atomic E-state index is 11.3. The van der Waals surface area contributed by atoms with Crippen LogP contribution in [0.25, 0.3) is 0 Å². The zero-order chi connectivity index (χ0) is 10.3. The zero-order valence-corrected chi connectivity index (χ0v) is 7.89. The number of likely N-dealkylation sites (N-methyl/N-ethyl adjacent to an activating group) is 2. The van der Waals surface area contributed by atoms with Gasteiger partial charge in [-0.15, -0.1) is 12.3 Å². The minimum atomic E-state index is -0.587. The van der Waals surface area contributed by atoms with E-state index >= 15 is 0 Å². The highest BCUT2D eigenvalue weighted by molar-refractivity contribution is 6.38. The molecular formula is C9H14N2O2. The fourth-order valence-corrected chi connectivity index (χ4v) is 0.916. The molecule has 4 nitrogen and oxygen atoms in total. The van der Waals surface area contributed by atoms with Gasteiger partial charge in [0.05, 0.1) is 6.04 Å². The Morgan fingerprint density at radius 1 is 1.46 bits per heavy atom. The molecule has 0 heterocycles. The molecule has 0 fully saturated rings. The molecule has 0 bridgehead atoms. The van der Waals surface area contributed by atoms with Gasteiger partial charge in [-0.3, -0.25) is 9.59 Å². The van der Waals surface area contributed by atoms with Gasteiger partial charge >= 0.3 is 0 Å². The fraction of sp³-hybridized carbons (Fsp3) is 0.556. The second kappa shape index (κ2) is 6.21. The second-order valence-electron chi connectivity index (χ2n) is 2.53. The summed E-state index contributed by atoms with van der Waals surface area (Å²) in [5, 5.41) is 5.02. The zero-order valence-electron chi connectivity index (χ0n) is 7.89. The molecule has 1 unspecified atom stereocenters. The third-order valence-electron chi connectivity index (χ3n) is 1.69. The highest BCUT2D eigenvalue weighted by Crippen LogP contribution is 1.97. The van der Waals surface area contributed by atoms with Gasteiger partial charge in [0, 0.05) is 13.5 Å². The normalized spacial score (nSPS) is 11.5. The molecule has 0 spiro atoms. The standard InChI is InChI=1S/C9H14N2O2/c1-4-5-6-7(10-2)8(12)9(13)11-3/h1,7,10H,5-6H2,2-3H3,(H,11,13). The molecule has 4 heteroatoms. The summed E-state index contributed by atoms with van der Waals surface area (Å²) in [5.41, 5.74) is 0. The molecule has 0 aromatic carbocycles. The summed E-state index contributed by atoms with van der Waals surface area (Å²) in [6, 6.07) is -0.476. The highest BCUT2D eigenvalue weighted by Gasteiger charge is 2.21. The molecule has 0 rings (SSSR count). The second-order valence-corrected chi connectivity index (χ2v) is 2.53. The van der Waals surface area contributed by atoms with Gasteiger partial charge in [0.15, 0.2) is 0 Å². The van der Waals surface area contributed by atoms with E-state index in [0.29, 0.717) is 12.8 Å². The van der Waals surface area contributed by atoms with Gasteiger partial charge in [-0.25, -0.2) is 0 Å². The topological polar surface area (TPSA) is 58.2 Å². The van der Waals surface area contributed by atoms with Crippen molar-refractivity contribution in [2.45, 2.75) is 18.9 Å². The number of ketones is 1. The summed E-state index contributed by atoms with van der Waals surface area (Å²) in [7, 11) is 3.05. The van der Waals surface area contributed by atoms with Crippen LogP contribution in [-0.2, 0) is 9.59 Å². The van der Waals surface area contributed by atoms with Crippen molar-refractivity contribution in [3.63, 3.8) is 0 Å². The minimum Gasteiger partial charge on any atom is -0.353 e. The molecule has 0 radical (unpaired) electrons. The lowest BCUT2D eigenvalue weighted by atomic mass is 10.1. The van der Waals surface area contributed by atoms with Gasteiger partial charge in [-0.2, -0.15) is 0 Å². The van der Waals surface area contributed by atoms with E-state index in [1.165, 1.54) is 7.05 Å². The first-order valence-electron chi connectivity index (χ1n) is 4.04. The van der Waals surface area contributed by atoms with Gasteiger partial charge in [0.2, 0.25) is 5.78 Å². The Balaban J connectivity index is 4.16. The van der Waals surface area contributed by atoms with E-state index in [2.05, 4.69) is 16.6 Å². The Kier molecular flexibility index (Phi) is 5.57. The van der Waals surface area contributed by atoms with Crippen LogP contribution in [0.4, 0.5) is 0 Å². The van der Waals surface area contributed by atoms with Crippen LogP contribution >= 0.6 is 0 Å². The molecule has 0 saturated heterocycles. The molecule has 1 atom stereocenters. The largest absolute Gasteiger partial charge is 0.353 e. The van der Waals surface area contributed by atoms with Gasteiger partial charge in [-0.05, 0) is 13.5 Å². The lowest BCUT2D eigenvalue weighted by molar-refractivity contribution is -0.138. The first-order valence-corrected chi connectivity index (χ1v) is 4.04. The number of amides is 1. The van der Waals surface area contributed by atoms with Gasteiger partial charge in [0.1, 0.15) is 0 Å². The minimum absolute atomic E-state index is 0.472. The number of nitrogens with one attached hydrogen (secondary N) is 2. The summed E-state index contributed by atoms with van der Waals surface area (Å²) in [4.78, 5) is 22.2.